The van der Waals surface area contributed by atoms with Gasteiger partial charge in [0.05, 0.1) is 10.8 Å². The topological polar surface area (TPSA) is 52.6 Å². The molecule has 4 atom stereocenters. The minimum absolute atomic E-state index is 0.101. The first kappa shape index (κ1) is 20.7. The lowest BCUT2D eigenvalue weighted by molar-refractivity contribution is -0.149. The molecule has 20 heavy (non-hydrogen) atoms. The summed E-state index contributed by atoms with van der Waals surface area (Å²) in [7, 11) is 0. The lowest BCUT2D eigenvalue weighted by Gasteiger charge is -2.16. The Balaban J connectivity index is 4.20. The van der Waals surface area contributed by atoms with Gasteiger partial charge in [-0.25, -0.2) is 0 Å². The molecule has 0 aromatic rings. The molecule has 118 valence electrons. The Morgan fingerprint density at radius 2 is 1.05 bits per heavy atom. The van der Waals surface area contributed by atoms with Crippen LogP contribution >= 0.6 is 69.6 Å². The average molecular weight is 409 g/mol. The third-order valence-corrected chi connectivity index (χ3v) is 4.47. The summed E-state index contributed by atoms with van der Waals surface area (Å²) in [5.41, 5.74) is 0. The van der Waals surface area contributed by atoms with Gasteiger partial charge in [-0.1, -0.05) is 0 Å². The second-order valence-corrected chi connectivity index (χ2v) is 6.36. The molecule has 0 aliphatic carbocycles. The highest BCUT2D eigenvalue weighted by Crippen LogP contribution is 2.15. The number of ether oxygens (including phenoxy) is 2. The molecule has 0 radical (unpaired) electrons. The highest BCUT2D eigenvalue weighted by Gasteiger charge is 2.33. The van der Waals surface area contributed by atoms with Crippen molar-refractivity contribution in [2.75, 3.05) is 25.0 Å². The van der Waals surface area contributed by atoms with Crippen molar-refractivity contribution in [3.8, 4) is 0 Å². The Hall–Kier alpha value is 0.680. The van der Waals surface area contributed by atoms with Crippen LogP contribution in [0.3, 0.4) is 0 Å². The van der Waals surface area contributed by atoms with Gasteiger partial charge in [-0.15, -0.1) is 69.6 Å². The van der Waals surface area contributed by atoms with Gasteiger partial charge in [0.15, 0.2) is 10.8 Å². The Kier molecular flexibility index (Phi) is 11.7. The van der Waals surface area contributed by atoms with Crippen LogP contribution < -0.4 is 0 Å². The Bertz CT molecular complexity index is 286. The SMILES string of the molecule is O=C(OCC(Cl)CCl)C(Cl)C(Cl)C(=O)OCC(Cl)CCl. The molecule has 0 spiro atoms. The number of carbonyl (C=O) groups is 2. The van der Waals surface area contributed by atoms with Crippen LogP contribution in [0.5, 0.6) is 0 Å². The molecular weight excluding hydrogens is 397 g/mol. The molecule has 0 saturated heterocycles. The van der Waals surface area contributed by atoms with Gasteiger partial charge in [0.2, 0.25) is 0 Å². The fourth-order valence-corrected chi connectivity index (χ4v) is 1.47. The van der Waals surface area contributed by atoms with Gasteiger partial charge >= 0.3 is 11.9 Å². The van der Waals surface area contributed by atoms with Gasteiger partial charge in [-0.3, -0.25) is 9.59 Å². The molecule has 4 nitrogen and oxygen atoms in total. The van der Waals surface area contributed by atoms with Crippen LogP contribution in [0.1, 0.15) is 0 Å². The lowest BCUT2D eigenvalue weighted by atomic mass is 10.3. The maximum absolute atomic E-state index is 11.5. The van der Waals surface area contributed by atoms with E-state index in [0.717, 1.165) is 0 Å². The fraction of sp³-hybridized carbons (Fsp3) is 0.800. The van der Waals surface area contributed by atoms with Crippen LogP contribution in [0.2, 0.25) is 0 Å². The third-order valence-electron chi connectivity index (χ3n) is 1.86. The van der Waals surface area contributed by atoms with Gasteiger partial charge < -0.3 is 9.47 Å². The maximum Gasteiger partial charge on any atom is 0.326 e. The summed E-state index contributed by atoms with van der Waals surface area (Å²) in [5, 5.41) is -3.92. The molecule has 0 saturated carbocycles. The molecule has 0 N–H and O–H groups in total. The van der Waals surface area contributed by atoms with E-state index >= 15 is 0 Å². The van der Waals surface area contributed by atoms with Crippen molar-refractivity contribution in [2.24, 2.45) is 0 Å². The molecule has 0 amide bonds. The zero-order valence-corrected chi connectivity index (χ0v) is 14.6. The van der Waals surface area contributed by atoms with E-state index in [1.165, 1.54) is 0 Å². The monoisotopic (exact) mass is 406 g/mol. The molecular formula is C10H12Cl6O4. The van der Waals surface area contributed by atoms with Crippen LogP contribution in [-0.2, 0) is 19.1 Å². The minimum Gasteiger partial charge on any atom is -0.463 e. The van der Waals surface area contributed by atoms with Crippen LogP contribution in [0.25, 0.3) is 0 Å². The largest absolute Gasteiger partial charge is 0.463 e. The minimum atomic E-state index is -1.41. The number of hydrogen-bond donors (Lipinski definition) is 0. The van der Waals surface area contributed by atoms with E-state index < -0.39 is 33.4 Å². The van der Waals surface area contributed by atoms with Crippen molar-refractivity contribution in [1.29, 1.82) is 0 Å². The first-order valence-corrected chi connectivity index (χ1v) is 8.16. The normalized spacial score (nSPS) is 16.9. The zero-order chi connectivity index (χ0) is 15.7. The predicted molar refractivity (Wildman–Crippen MR) is 81.9 cm³/mol. The summed E-state index contributed by atoms with van der Waals surface area (Å²) >= 11 is 33.6. The summed E-state index contributed by atoms with van der Waals surface area (Å²) in [6.45, 7) is -0.274. The van der Waals surface area contributed by atoms with Crippen molar-refractivity contribution in [3.05, 3.63) is 0 Å². The quantitative estimate of drug-likeness (QED) is 0.434. The standard InChI is InChI=1S/C10H12Cl6O4/c11-1-5(13)3-19-9(17)7(15)8(16)10(18)20-4-6(14)2-12/h5-8H,1-4H2. The van der Waals surface area contributed by atoms with Crippen LogP contribution in [0, 0.1) is 0 Å². The van der Waals surface area contributed by atoms with E-state index in [1.807, 2.05) is 0 Å². The first-order chi connectivity index (χ1) is 9.33. The van der Waals surface area contributed by atoms with Gasteiger partial charge in [0.25, 0.3) is 0 Å². The molecule has 0 rings (SSSR count). The molecule has 10 heteroatoms. The van der Waals surface area contributed by atoms with Crippen molar-refractivity contribution in [1.82, 2.24) is 0 Å². The number of rotatable bonds is 9. The van der Waals surface area contributed by atoms with E-state index in [2.05, 4.69) is 0 Å². The average Bonchev–Trinajstić information content (AvgIpc) is 2.47. The van der Waals surface area contributed by atoms with E-state index in [0.29, 0.717) is 0 Å². The van der Waals surface area contributed by atoms with Crippen LogP contribution in [-0.4, -0.2) is 58.4 Å². The van der Waals surface area contributed by atoms with Gasteiger partial charge in [0, 0.05) is 11.8 Å². The fourth-order valence-electron chi connectivity index (χ4n) is 0.832. The van der Waals surface area contributed by atoms with Gasteiger partial charge in [-0.05, 0) is 0 Å². The molecule has 0 aromatic carbocycles. The van der Waals surface area contributed by atoms with E-state index in [9.17, 15) is 9.59 Å². The predicted octanol–water partition coefficient (Wildman–Crippen LogP) is 2.98. The van der Waals surface area contributed by atoms with Crippen LogP contribution in [0.15, 0.2) is 0 Å². The number of esters is 2. The maximum atomic E-state index is 11.5. The van der Waals surface area contributed by atoms with E-state index in [-0.39, 0.29) is 25.0 Å². The van der Waals surface area contributed by atoms with Crippen molar-refractivity contribution in [3.63, 3.8) is 0 Å². The lowest BCUT2D eigenvalue weighted by Crippen LogP contribution is -2.36. The number of carbonyl (C=O) groups excluding carboxylic acids is 2. The Morgan fingerprint density at radius 1 is 0.750 bits per heavy atom. The third kappa shape index (κ3) is 8.20. The van der Waals surface area contributed by atoms with Crippen molar-refractivity contribution >= 4 is 81.5 Å². The van der Waals surface area contributed by atoms with Crippen molar-refractivity contribution < 1.29 is 19.1 Å². The molecule has 0 bridgehead atoms. The Morgan fingerprint density at radius 3 is 1.30 bits per heavy atom. The van der Waals surface area contributed by atoms with E-state index in [4.69, 9.17) is 79.1 Å². The second kappa shape index (κ2) is 11.3. The summed E-state index contributed by atoms with van der Waals surface area (Å²) < 4.78 is 9.50. The first-order valence-electron chi connectivity index (χ1n) is 5.34. The highest BCUT2D eigenvalue weighted by molar-refractivity contribution is 6.42. The Labute approximate surface area is 146 Å². The summed E-state index contributed by atoms with van der Waals surface area (Å²) in [4.78, 5) is 23.0. The molecule has 0 aromatic heterocycles. The number of hydrogen-bond acceptors (Lipinski definition) is 4. The summed E-state index contributed by atoms with van der Waals surface area (Å²) in [5.74, 6) is -1.58. The molecule has 0 aliphatic heterocycles. The smallest absolute Gasteiger partial charge is 0.326 e. The number of alkyl halides is 6. The van der Waals surface area contributed by atoms with Gasteiger partial charge in [0.1, 0.15) is 13.2 Å². The molecule has 0 heterocycles. The van der Waals surface area contributed by atoms with E-state index in [1.54, 1.807) is 0 Å². The molecule has 0 fully saturated rings. The summed E-state index contributed by atoms with van der Waals surface area (Å²) in [6, 6.07) is 0. The van der Waals surface area contributed by atoms with Crippen molar-refractivity contribution in [2.45, 2.75) is 21.5 Å². The van der Waals surface area contributed by atoms with Crippen LogP contribution in [0.4, 0.5) is 0 Å². The van der Waals surface area contributed by atoms with Gasteiger partial charge in [-0.2, -0.15) is 0 Å². The zero-order valence-electron chi connectivity index (χ0n) is 10.0. The molecule has 0 aliphatic rings. The highest BCUT2D eigenvalue weighted by atomic mass is 35.5. The summed E-state index contributed by atoms with van der Waals surface area (Å²) in [6.07, 6.45) is 0. The second-order valence-electron chi connectivity index (χ2n) is 3.57. The number of halogens is 6. The molecule has 4 unspecified atom stereocenters.